The van der Waals surface area contributed by atoms with Crippen LogP contribution >= 0.6 is 12.4 Å². The van der Waals surface area contributed by atoms with Gasteiger partial charge in [-0.1, -0.05) is 0 Å². The Balaban J connectivity index is 0.000000980. The lowest BCUT2D eigenvalue weighted by atomic mass is 9.85. The predicted molar refractivity (Wildman–Crippen MR) is 52.3 cm³/mol. The lowest BCUT2D eigenvalue weighted by Crippen LogP contribution is -2.62. The lowest BCUT2D eigenvalue weighted by molar-refractivity contribution is 0.285. The van der Waals surface area contributed by atoms with Crippen LogP contribution < -0.4 is 11.1 Å². The van der Waals surface area contributed by atoms with Crippen molar-refractivity contribution in [3.05, 3.63) is 35.4 Å². The third kappa shape index (κ3) is 1.87. The fourth-order valence-electron chi connectivity index (χ4n) is 1.44. The summed E-state index contributed by atoms with van der Waals surface area (Å²) in [7, 11) is 0. The van der Waals surface area contributed by atoms with Crippen LogP contribution in [0.25, 0.3) is 0 Å². The second kappa shape index (κ2) is 3.81. The molecule has 2 nitrogen and oxygen atoms in total. The maximum Gasteiger partial charge on any atom is 0.126 e. The van der Waals surface area contributed by atoms with Gasteiger partial charge in [-0.25, -0.2) is 8.78 Å². The van der Waals surface area contributed by atoms with Crippen molar-refractivity contribution in [2.24, 2.45) is 5.73 Å². The largest absolute Gasteiger partial charge is 0.319 e. The van der Waals surface area contributed by atoms with E-state index in [2.05, 4.69) is 5.32 Å². The van der Waals surface area contributed by atoms with E-state index in [-0.39, 0.29) is 12.4 Å². The zero-order valence-corrected chi connectivity index (χ0v) is 8.20. The summed E-state index contributed by atoms with van der Waals surface area (Å²) in [6.45, 7) is 1.13. The number of nitrogens with two attached hydrogens (primary N) is 1. The molecule has 1 saturated heterocycles. The first-order valence-electron chi connectivity index (χ1n) is 4.06. The first-order valence-corrected chi connectivity index (χ1v) is 4.06. The molecule has 0 radical (unpaired) electrons. The van der Waals surface area contributed by atoms with Gasteiger partial charge in [0.15, 0.2) is 0 Å². The first kappa shape index (κ1) is 11.4. The second-order valence-corrected chi connectivity index (χ2v) is 3.42. The van der Waals surface area contributed by atoms with Gasteiger partial charge in [0, 0.05) is 19.2 Å². The van der Waals surface area contributed by atoms with Gasteiger partial charge in [-0.3, -0.25) is 0 Å². The number of hydrogen-bond acceptors (Lipinski definition) is 2. The Morgan fingerprint density at radius 2 is 1.64 bits per heavy atom. The van der Waals surface area contributed by atoms with Gasteiger partial charge in [0.2, 0.25) is 0 Å². The molecular formula is C9H11ClF2N2. The second-order valence-electron chi connectivity index (χ2n) is 3.42. The molecule has 0 aromatic heterocycles. The monoisotopic (exact) mass is 220 g/mol. The Labute approximate surface area is 86.9 Å². The maximum absolute atomic E-state index is 12.8. The average molecular weight is 221 g/mol. The minimum Gasteiger partial charge on any atom is -0.319 e. The molecule has 0 unspecified atom stereocenters. The quantitative estimate of drug-likeness (QED) is 0.745. The van der Waals surface area contributed by atoms with Crippen LogP contribution in [0.1, 0.15) is 5.56 Å². The highest BCUT2D eigenvalue weighted by atomic mass is 35.5. The molecule has 78 valence electrons. The van der Waals surface area contributed by atoms with Gasteiger partial charge < -0.3 is 11.1 Å². The van der Waals surface area contributed by atoms with Crippen molar-refractivity contribution in [3.8, 4) is 0 Å². The molecule has 0 aliphatic carbocycles. The van der Waals surface area contributed by atoms with E-state index in [1.165, 1.54) is 12.1 Å². The highest BCUT2D eigenvalue weighted by molar-refractivity contribution is 5.85. The van der Waals surface area contributed by atoms with Gasteiger partial charge in [0.1, 0.15) is 11.6 Å². The minimum atomic E-state index is -0.594. The van der Waals surface area contributed by atoms with E-state index in [1.54, 1.807) is 0 Å². The standard InChI is InChI=1S/C9H10F2N2.ClH/c10-7-1-6(2-8(11)3-7)9(12)4-13-5-9;/h1-3,13H,4-5,12H2;1H. The summed E-state index contributed by atoms with van der Waals surface area (Å²) in [6.07, 6.45) is 0. The van der Waals surface area contributed by atoms with Crippen LogP contribution in [0.4, 0.5) is 8.78 Å². The van der Waals surface area contributed by atoms with Gasteiger partial charge in [-0.05, 0) is 17.7 Å². The molecule has 1 aromatic carbocycles. The smallest absolute Gasteiger partial charge is 0.126 e. The van der Waals surface area contributed by atoms with Crippen molar-refractivity contribution in [2.45, 2.75) is 5.54 Å². The molecule has 0 spiro atoms. The molecule has 2 rings (SSSR count). The van der Waals surface area contributed by atoms with Crippen molar-refractivity contribution in [1.82, 2.24) is 5.32 Å². The third-order valence-corrected chi connectivity index (χ3v) is 2.32. The number of hydrogen-bond donors (Lipinski definition) is 2. The number of rotatable bonds is 1. The van der Waals surface area contributed by atoms with Gasteiger partial charge >= 0.3 is 0 Å². The van der Waals surface area contributed by atoms with E-state index in [4.69, 9.17) is 5.73 Å². The highest BCUT2D eigenvalue weighted by Crippen LogP contribution is 2.23. The van der Waals surface area contributed by atoms with E-state index in [1.807, 2.05) is 0 Å². The van der Waals surface area contributed by atoms with Gasteiger partial charge in [-0.15, -0.1) is 12.4 Å². The van der Waals surface area contributed by atoms with Crippen LogP contribution in [0.5, 0.6) is 0 Å². The van der Waals surface area contributed by atoms with Crippen LogP contribution in [0.15, 0.2) is 18.2 Å². The molecular weight excluding hydrogens is 210 g/mol. The Kier molecular flexibility index (Phi) is 3.09. The van der Waals surface area contributed by atoms with Gasteiger partial charge in [0.05, 0.1) is 5.54 Å². The van der Waals surface area contributed by atoms with Crippen LogP contribution in [-0.2, 0) is 5.54 Å². The normalized spacial score (nSPS) is 18.2. The molecule has 0 bridgehead atoms. The first-order chi connectivity index (χ1) is 6.10. The lowest BCUT2D eigenvalue weighted by Gasteiger charge is -2.39. The number of nitrogens with one attached hydrogen (secondary N) is 1. The van der Waals surface area contributed by atoms with Crippen LogP contribution in [0, 0.1) is 11.6 Å². The fraction of sp³-hybridized carbons (Fsp3) is 0.333. The summed E-state index contributed by atoms with van der Waals surface area (Å²) in [5.74, 6) is -1.15. The van der Waals surface area contributed by atoms with Crippen LogP contribution in [0.2, 0.25) is 0 Å². The number of benzene rings is 1. The van der Waals surface area contributed by atoms with Crippen molar-refractivity contribution in [3.63, 3.8) is 0 Å². The zero-order chi connectivity index (χ0) is 9.47. The van der Waals surface area contributed by atoms with Gasteiger partial charge in [0.25, 0.3) is 0 Å². The summed E-state index contributed by atoms with van der Waals surface area (Å²) in [5.41, 5.74) is 5.79. The molecule has 1 heterocycles. The number of halogens is 3. The van der Waals surface area contributed by atoms with E-state index >= 15 is 0 Å². The molecule has 0 amide bonds. The topological polar surface area (TPSA) is 38.0 Å². The van der Waals surface area contributed by atoms with Crippen molar-refractivity contribution < 1.29 is 8.78 Å². The fourth-order valence-corrected chi connectivity index (χ4v) is 1.44. The summed E-state index contributed by atoms with van der Waals surface area (Å²) >= 11 is 0. The Hall–Kier alpha value is -0.710. The van der Waals surface area contributed by atoms with Crippen molar-refractivity contribution >= 4 is 12.4 Å². The van der Waals surface area contributed by atoms with Crippen LogP contribution in [0.3, 0.4) is 0 Å². The molecule has 1 aliphatic heterocycles. The Morgan fingerprint density at radius 1 is 1.14 bits per heavy atom. The molecule has 0 atom stereocenters. The molecule has 14 heavy (non-hydrogen) atoms. The highest BCUT2D eigenvalue weighted by Gasteiger charge is 2.34. The zero-order valence-electron chi connectivity index (χ0n) is 7.39. The summed E-state index contributed by atoms with van der Waals surface area (Å²) in [5, 5.41) is 2.97. The molecule has 3 N–H and O–H groups in total. The Morgan fingerprint density at radius 3 is 2.00 bits per heavy atom. The maximum atomic E-state index is 12.8. The van der Waals surface area contributed by atoms with E-state index < -0.39 is 17.2 Å². The van der Waals surface area contributed by atoms with Crippen LogP contribution in [-0.4, -0.2) is 13.1 Å². The van der Waals surface area contributed by atoms with Gasteiger partial charge in [-0.2, -0.15) is 0 Å². The summed E-state index contributed by atoms with van der Waals surface area (Å²) < 4.78 is 25.6. The van der Waals surface area contributed by atoms with E-state index in [0.29, 0.717) is 18.7 Å². The molecule has 1 aliphatic rings. The van der Waals surface area contributed by atoms with Crippen molar-refractivity contribution in [1.29, 1.82) is 0 Å². The summed E-state index contributed by atoms with van der Waals surface area (Å²) in [6, 6.07) is 3.41. The average Bonchev–Trinajstić information content (AvgIpc) is 1.98. The summed E-state index contributed by atoms with van der Waals surface area (Å²) in [4.78, 5) is 0. The predicted octanol–water partition coefficient (Wildman–Crippen LogP) is 1.14. The Bertz CT molecular complexity index is 319. The van der Waals surface area contributed by atoms with E-state index in [0.717, 1.165) is 6.07 Å². The molecule has 5 heteroatoms. The molecule has 1 aromatic rings. The minimum absolute atomic E-state index is 0. The van der Waals surface area contributed by atoms with E-state index in [9.17, 15) is 8.78 Å². The molecule has 0 saturated carbocycles. The SMILES string of the molecule is Cl.NC1(c2cc(F)cc(F)c2)CNC1. The molecule has 1 fully saturated rings. The third-order valence-electron chi connectivity index (χ3n) is 2.32. The van der Waals surface area contributed by atoms with Crippen molar-refractivity contribution in [2.75, 3.05) is 13.1 Å².